The molecule has 1 amide bonds. The number of nitrogens with zero attached hydrogens (tertiary/aromatic N) is 5. The number of allylic oxidation sites excluding steroid dienone is 1. The van der Waals surface area contributed by atoms with E-state index in [4.69, 9.17) is 0 Å². The fourth-order valence-electron chi connectivity index (χ4n) is 2.62. The largest absolute Gasteiger partial charge is 0.359 e. The Bertz CT molecular complexity index is 787. The highest BCUT2D eigenvalue weighted by molar-refractivity contribution is 5.95. The Hall–Kier alpha value is -3.25. The zero-order chi connectivity index (χ0) is 17.5. The number of likely N-dealkylation sites (tertiary alicyclic amines) is 1. The van der Waals surface area contributed by atoms with Crippen LogP contribution >= 0.6 is 0 Å². The number of para-hydroxylation sites is 2. The van der Waals surface area contributed by atoms with Crippen LogP contribution in [0.25, 0.3) is 5.57 Å². The van der Waals surface area contributed by atoms with Crippen molar-refractivity contribution in [3.05, 3.63) is 36.3 Å². The Labute approximate surface area is 144 Å². The lowest BCUT2D eigenvalue weighted by atomic mass is 10.2. The van der Waals surface area contributed by atoms with E-state index in [0.29, 0.717) is 17.9 Å². The molecule has 3 rings (SSSR count). The maximum Gasteiger partial charge on any atom is 0.238 e. The van der Waals surface area contributed by atoms with E-state index in [9.17, 15) is 10.1 Å². The number of amides is 1. The van der Waals surface area contributed by atoms with E-state index in [-0.39, 0.29) is 17.3 Å². The molecule has 0 spiro atoms. The van der Waals surface area contributed by atoms with Gasteiger partial charge in [-0.15, -0.1) is 10.2 Å². The number of hydrogen-bond donors (Lipinski definition) is 3. The van der Waals surface area contributed by atoms with E-state index >= 15 is 0 Å². The molecular weight excluding hydrogens is 320 g/mol. The molecule has 0 atom stereocenters. The molecule has 2 heterocycles. The van der Waals surface area contributed by atoms with Crippen LogP contribution in [0.3, 0.4) is 0 Å². The molecule has 9 nitrogen and oxygen atoms in total. The molecule has 0 bridgehead atoms. The van der Waals surface area contributed by atoms with Crippen LogP contribution < -0.4 is 10.6 Å². The third kappa shape index (κ3) is 4.39. The fourth-order valence-corrected chi connectivity index (χ4v) is 2.62. The van der Waals surface area contributed by atoms with Gasteiger partial charge in [-0.2, -0.15) is 10.5 Å². The van der Waals surface area contributed by atoms with Gasteiger partial charge in [0.05, 0.1) is 17.9 Å². The first-order valence-electron chi connectivity index (χ1n) is 7.98. The molecule has 3 N–H and O–H groups in total. The molecule has 1 aliphatic rings. The Morgan fingerprint density at radius 1 is 1.32 bits per heavy atom. The van der Waals surface area contributed by atoms with Gasteiger partial charge in [-0.1, -0.05) is 12.1 Å². The monoisotopic (exact) mass is 338 g/mol. The van der Waals surface area contributed by atoms with Crippen molar-refractivity contribution in [3.8, 4) is 6.07 Å². The molecule has 1 aliphatic heterocycles. The van der Waals surface area contributed by atoms with E-state index in [1.807, 2.05) is 24.3 Å². The van der Waals surface area contributed by atoms with Crippen LogP contribution in [0.4, 0.5) is 11.4 Å². The van der Waals surface area contributed by atoms with Crippen LogP contribution in [0.15, 0.2) is 30.5 Å². The summed E-state index contributed by atoms with van der Waals surface area (Å²) in [6, 6.07) is 9.30. The summed E-state index contributed by atoms with van der Waals surface area (Å²) in [5.41, 5.74) is 1.55. The molecule has 0 aliphatic carbocycles. The minimum atomic E-state index is -0.0567. The van der Waals surface area contributed by atoms with Crippen LogP contribution in [-0.4, -0.2) is 51.1 Å². The van der Waals surface area contributed by atoms with Crippen molar-refractivity contribution in [3.63, 3.8) is 0 Å². The Balaban J connectivity index is 1.68. The van der Waals surface area contributed by atoms with E-state index in [2.05, 4.69) is 36.2 Å². The van der Waals surface area contributed by atoms with Crippen LogP contribution in [0.5, 0.6) is 0 Å². The lowest BCUT2D eigenvalue weighted by Gasteiger charge is -2.15. The highest BCUT2D eigenvalue weighted by Gasteiger charge is 2.15. The summed E-state index contributed by atoms with van der Waals surface area (Å²) in [6.07, 6.45) is 3.77. The van der Waals surface area contributed by atoms with Gasteiger partial charge in [-0.3, -0.25) is 9.69 Å². The summed E-state index contributed by atoms with van der Waals surface area (Å²) >= 11 is 0. The number of nitriles is 1. The normalized spacial score (nSPS) is 14.9. The smallest absolute Gasteiger partial charge is 0.238 e. The van der Waals surface area contributed by atoms with Crippen LogP contribution in [0, 0.1) is 11.3 Å². The van der Waals surface area contributed by atoms with Gasteiger partial charge in [0.2, 0.25) is 11.7 Å². The molecule has 25 heavy (non-hydrogen) atoms. The number of benzene rings is 1. The average Bonchev–Trinajstić information content (AvgIpc) is 3.31. The number of aromatic nitrogens is 4. The maximum atomic E-state index is 12.2. The molecular formula is C16H18N8O. The summed E-state index contributed by atoms with van der Waals surface area (Å²) in [5.74, 6) is 0.143. The number of aromatic amines is 1. The van der Waals surface area contributed by atoms with Crippen molar-refractivity contribution in [2.24, 2.45) is 0 Å². The van der Waals surface area contributed by atoms with Gasteiger partial charge in [0.15, 0.2) is 0 Å². The maximum absolute atomic E-state index is 12.2. The van der Waals surface area contributed by atoms with E-state index < -0.39 is 0 Å². The van der Waals surface area contributed by atoms with Crippen LogP contribution in [-0.2, 0) is 4.79 Å². The first-order chi connectivity index (χ1) is 12.3. The van der Waals surface area contributed by atoms with Crippen molar-refractivity contribution in [1.29, 1.82) is 5.26 Å². The average molecular weight is 338 g/mol. The summed E-state index contributed by atoms with van der Waals surface area (Å²) in [4.78, 5) is 14.4. The first kappa shape index (κ1) is 16.6. The highest BCUT2D eigenvalue weighted by Crippen LogP contribution is 2.22. The molecule has 1 saturated heterocycles. The van der Waals surface area contributed by atoms with Crippen molar-refractivity contribution >= 4 is 22.9 Å². The highest BCUT2D eigenvalue weighted by atomic mass is 16.2. The van der Waals surface area contributed by atoms with E-state index in [1.165, 1.54) is 6.20 Å². The Kier molecular flexibility index (Phi) is 5.33. The summed E-state index contributed by atoms with van der Waals surface area (Å²) in [6.45, 7) is 2.31. The quantitative estimate of drug-likeness (QED) is 0.677. The number of hydrogen-bond acceptors (Lipinski definition) is 7. The summed E-state index contributed by atoms with van der Waals surface area (Å²) < 4.78 is 0. The topological polar surface area (TPSA) is 123 Å². The molecule has 1 aromatic carbocycles. The number of anilines is 2. The number of nitrogens with one attached hydrogen (secondary N) is 3. The van der Waals surface area contributed by atoms with Crippen LogP contribution in [0.2, 0.25) is 0 Å². The van der Waals surface area contributed by atoms with Gasteiger partial charge < -0.3 is 10.6 Å². The Morgan fingerprint density at radius 3 is 2.76 bits per heavy atom. The second-order valence-corrected chi connectivity index (χ2v) is 5.63. The predicted octanol–water partition coefficient (Wildman–Crippen LogP) is 1.21. The molecule has 2 aromatic rings. The number of carbonyl (C=O) groups excluding carboxylic acids is 1. The first-order valence-corrected chi connectivity index (χ1v) is 7.98. The molecule has 0 saturated carbocycles. The van der Waals surface area contributed by atoms with Gasteiger partial charge in [0, 0.05) is 6.20 Å². The fraction of sp³-hybridized carbons (Fsp3) is 0.312. The van der Waals surface area contributed by atoms with Gasteiger partial charge in [0.1, 0.15) is 11.6 Å². The number of H-pyrrole nitrogens is 1. The molecule has 1 aromatic heterocycles. The number of tetrazole rings is 1. The second kappa shape index (κ2) is 8.03. The van der Waals surface area contributed by atoms with Crippen molar-refractivity contribution in [1.82, 2.24) is 25.5 Å². The van der Waals surface area contributed by atoms with Crippen molar-refractivity contribution in [2.75, 3.05) is 30.3 Å². The predicted molar refractivity (Wildman–Crippen MR) is 92.1 cm³/mol. The summed E-state index contributed by atoms with van der Waals surface area (Å²) in [7, 11) is 0. The van der Waals surface area contributed by atoms with Crippen molar-refractivity contribution < 1.29 is 4.79 Å². The lowest BCUT2D eigenvalue weighted by molar-refractivity contribution is -0.117. The standard InChI is InChI=1S/C16H18N8O/c17-9-12(16-20-22-23-21-16)10-18-13-5-1-2-6-14(13)19-15(25)11-24-7-3-4-8-24/h1-2,5-6,10,18H,3-4,7-8,11H2,(H,19,25)(H,20,21,22,23). The molecule has 9 heteroatoms. The second-order valence-electron chi connectivity index (χ2n) is 5.63. The minimum absolute atomic E-state index is 0.0567. The minimum Gasteiger partial charge on any atom is -0.359 e. The third-order valence-electron chi connectivity index (χ3n) is 3.85. The molecule has 128 valence electrons. The molecule has 0 radical (unpaired) electrons. The SMILES string of the molecule is N#CC(=CNc1ccccc1NC(=O)CN1CCCC1)c1nn[nH]n1. The zero-order valence-electron chi connectivity index (χ0n) is 13.6. The summed E-state index contributed by atoms with van der Waals surface area (Å²) in [5, 5.41) is 28.4. The molecule has 0 unspecified atom stereocenters. The Morgan fingerprint density at radius 2 is 2.08 bits per heavy atom. The van der Waals surface area contributed by atoms with Gasteiger partial charge >= 0.3 is 0 Å². The van der Waals surface area contributed by atoms with Gasteiger partial charge in [-0.25, -0.2) is 0 Å². The van der Waals surface area contributed by atoms with Crippen molar-refractivity contribution in [2.45, 2.75) is 12.8 Å². The number of carbonyl (C=O) groups is 1. The molecule has 1 fully saturated rings. The lowest BCUT2D eigenvalue weighted by Crippen LogP contribution is -2.31. The van der Waals surface area contributed by atoms with E-state index in [1.54, 1.807) is 6.07 Å². The van der Waals surface area contributed by atoms with E-state index in [0.717, 1.165) is 25.9 Å². The van der Waals surface area contributed by atoms with Gasteiger partial charge in [0.25, 0.3) is 0 Å². The number of rotatable bonds is 6. The zero-order valence-corrected chi connectivity index (χ0v) is 13.6. The van der Waals surface area contributed by atoms with Crippen LogP contribution in [0.1, 0.15) is 18.7 Å². The third-order valence-corrected chi connectivity index (χ3v) is 3.85. The van der Waals surface area contributed by atoms with Gasteiger partial charge in [-0.05, 0) is 43.3 Å².